The summed E-state index contributed by atoms with van der Waals surface area (Å²) in [5.74, 6) is 0.346. The second-order valence-corrected chi connectivity index (χ2v) is 8.17. The van der Waals surface area contributed by atoms with Crippen LogP contribution in [0.5, 0.6) is 0 Å². The van der Waals surface area contributed by atoms with Crippen LogP contribution in [-0.4, -0.2) is 18.2 Å². The van der Waals surface area contributed by atoms with Gasteiger partial charge < -0.3 is 10.6 Å². The molecule has 0 aliphatic heterocycles. The first-order valence-electron chi connectivity index (χ1n) is 9.63. The van der Waals surface area contributed by atoms with Crippen LogP contribution in [0.25, 0.3) is 5.57 Å². The summed E-state index contributed by atoms with van der Waals surface area (Å²) in [4.78, 5) is 1.39. The topological polar surface area (TPSA) is 24.1 Å². The van der Waals surface area contributed by atoms with Gasteiger partial charge in [0.05, 0.1) is 0 Å². The third-order valence-corrected chi connectivity index (χ3v) is 6.19. The first-order chi connectivity index (χ1) is 12.8. The molecule has 0 spiro atoms. The van der Waals surface area contributed by atoms with Crippen LogP contribution in [0, 0.1) is 0 Å². The lowest BCUT2D eigenvalue weighted by molar-refractivity contribution is 0.649. The van der Waals surface area contributed by atoms with Crippen molar-refractivity contribution in [3.8, 4) is 0 Å². The van der Waals surface area contributed by atoms with E-state index in [2.05, 4.69) is 65.4 Å². The number of benzene rings is 1. The third kappa shape index (κ3) is 4.95. The smallest absolute Gasteiger partial charge is 0.166 e. The summed E-state index contributed by atoms with van der Waals surface area (Å²) in [5.41, 5.74) is 4.26. The Morgan fingerprint density at radius 3 is 2.81 bits per heavy atom. The molecule has 0 saturated heterocycles. The van der Waals surface area contributed by atoms with Crippen LogP contribution < -0.4 is 10.6 Å². The minimum Gasteiger partial charge on any atom is -0.363 e. The molecule has 1 aromatic carbocycles. The molecule has 2 N–H and O–H groups in total. The van der Waals surface area contributed by atoms with E-state index in [-0.39, 0.29) is 0 Å². The van der Waals surface area contributed by atoms with E-state index in [1.165, 1.54) is 47.3 Å². The third-order valence-electron chi connectivity index (χ3n) is 4.91. The van der Waals surface area contributed by atoms with E-state index >= 15 is 0 Å². The lowest BCUT2D eigenvalue weighted by Crippen LogP contribution is -2.38. The number of unbranched alkanes of at least 4 members (excludes halogenated alkanes) is 3. The van der Waals surface area contributed by atoms with E-state index in [1.54, 1.807) is 0 Å². The van der Waals surface area contributed by atoms with Gasteiger partial charge >= 0.3 is 0 Å². The zero-order valence-corrected chi connectivity index (χ0v) is 17.1. The number of fused-ring (bicyclic) bond motifs is 1. The second kappa shape index (κ2) is 9.89. The van der Waals surface area contributed by atoms with Crippen LogP contribution >= 0.6 is 23.6 Å². The molecule has 1 aliphatic rings. The Kier molecular flexibility index (Phi) is 7.27. The Labute approximate surface area is 166 Å². The van der Waals surface area contributed by atoms with Gasteiger partial charge in [-0.05, 0) is 53.2 Å². The molecule has 2 aromatic rings. The van der Waals surface area contributed by atoms with E-state index in [0.29, 0.717) is 5.92 Å². The minimum absolute atomic E-state index is 0.346. The van der Waals surface area contributed by atoms with Crippen molar-refractivity contribution in [1.29, 1.82) is 0 Å². The molecule has 138 valence electrons. The van der Waals surface area contributed by atoms with Crippen LogP contribution in [-0.2, 0) is 6.42 Å². The summed E-state index contributed by atoms with van der Waals surface area (Å²) in [6.07, 6.45) is 8.44. The standard InChI is InChI=1S/C22H28N2S2/c1-2-3-4-7-14-23-22(25)24-16-20(21-11-8-15-26-21)19-13-12-17-9-5-6-10-18(17)19/h5-6,8-11,13,15,20H,2-4,7,12,14,16H2,1H3,(H2,23,24,25). The largest absolute Gasteiger partial charge is 0.363 e. The maximum Gasteiger partial charge on any atom is 0.166 e. The summed E-state index contributed by atoms with van der Waals surface area (Å²) >= 11 is 7.32. The van der Waals surface area contributed by atoms with Crippen molar-refractivity contribution in [2.75, 3.05) is 13.1 Å². The molecule has 1 aliphatic carbocycles. The van der Waals surface area contributed by atoms with Crippen LogP contribution in [0.1, 0.15) is 54.5 Å². The monoisotopic (exact) mass is 384 g/mol. The van der Waals surface area contributed by atoms with Crippen LogP contribution in [0.3, 0.4) is 0 Å². The molecule has 26 heavy (non-hydrogen) atoms. The lowest BCUT2D eigenvalue weighted by atomic mass is 9.92. The van der Waals surface area contributed by atoms with Gasteiger partial charge in [-0.15, -0.1) is 11.3 Å². The highest BCUT2D eigenvalue weighted by Gasteiger charge is 2.24. The molecule has 1 aromatic heterocycles. The minimum atomic E-state index is 0.346. The fourth-order valence-corrected chi connectivity index (χ4v) is 4.54. The maximum atomic E-state index is 5.49. The second-order valence-electron chi connectivity index (χ2n) is 6.79. The molecule has 1 atom stereocenters. The van der Waals surface area contributed by atoms with Crippen molar-refractivity contribution in [3.63, 3.8) is 0 Å². The predicted molar refractivity (Wildman–Crippen MR) is 118 cm³/mol. The quantitative estimate of drug-likeness (QED) is 0.440. The zero-order valence-electron chi connectivity index (χ0n) is 15.5. The Hall–Kier alpha value is -1.65. The number of nitrogens with one attached hydrogen (secondary N) is 2. The molecule has 0 amide bonds. The molecule has 1 heterocycles. The highest BCUT2D eigenvalue weighted by molar-refractivity contribution is 7.80. The molecule has 2 nitrogen and oxygen atoms in total. The predicted octanol–water partition coefficient (Wildman–Crippen LogP) is 5.52. The Balaban J connectivity index is 1.60. The molecule has 4 heteroatoms. The number of hydrogen-bond acceptors (Lipinski definition) is 2. The van der Waals surface area contributed by atoms with E-state index in [9.17, 15) is 0 Å². The number of rotatable bonds is 9. The SMILES string of the molecule is CCCCCCNC(=S)NCC(C1=CCc2ccccc21)c1cccs1. The van der Waals surface area contributed by atoms with Crippen LogP contribution in [0.15, 0.2) is 47.9 Å². The van der Waals surface area contributed by atoms with E-state index in [4.69, 9.17) is 12.2 Å². The number of thiophene rings is 1. The average Bonchev–Trinajstić information content (AvgIpc) is 3.32. The van der Waals surface area contributed by atoms with Crippen molar-refractivity contribution >= 4 is 34.2 Å². The molecule has 3 rings (SSSR count). The Morgan fingerprint density at radius 1 is 1.12 bits per heavy atom. The van der Waals surface area contributed by atoms with Gasteiger partial charge in [0, 0.05) is 23.9 Å². The molecule has 1 unspecified atom stereocenters. The van der Waals surface area contributed by atoms with Crippen molar-refractivity contribution in [3.05, 3.63) is 63.9 Å². The maximum absolute atomic E-state index is 5.49. The summed E-state index contributed by atoms with van der Waals surface area (Å²) in [6, 6.07) is 13.1. The highest BCUT2D eigenvalue weighted by atomic mass is 32.1. The average molecular weight is 385 g/mol. The van der Waals surface area contributed by atoms with Crippen molar-refractivity contribution in [2.24, 2.45) is 0 Å². The number of allylic oxidation sites excluding steroid dienone is 1. The van der Waals surface area contributed by atoms with Crippen molar-refractivity contribution in [2.45, 2.75) is 44.9 Å². The van der Waals surface area contributed by atoms with E-state index < -0.39 is 0 Å². The number of thiocarbonyl (C=S) groups is 1. The van der Waals surface area contributed by atoms with Gasteiger partial charge in [0.1, 0.15) is 0 Å². The zero-order chi connectivity index (χ0) is 18.2. The van der Waals surface area contributed by atoms with Crippen molar-refractivity contribution in [1.82, 2.24) is 10.6 Å². The van der Waals surface area contributed by atoms with Crippen LogP contribution in [0.2, 0.25) is 0 Å². The van der Waals surface area contributed by atoms with Gasteiger partial charge in [-0.3, -0.25) is 0 Å². The Bertz CT molecular complexity index is 734. The summed E-state index contributed by atoms with van der Waals surface area (Å²) in [7, 11) is 0. The van der Waals surface area contributed by atoms with Crippen molar-refractivity contribution < 1.29 is 0 Å². The lowest BCUT2D eigenvalue weighted by Gasteiger charge is -2.20. The molecule has 0 saturated carbocycles. The fourth-order valence-electron chi connectivity index (χ4n) is 3.50. The van der Waals surface area contributed by atoms with E-state index in [0.717, 1.165) is 24.6 Å². The first kappa shape index (κ1) is 19.1. The summed E-state index contributed by atoms with van der Waals surface area (Å²) in [6.45, 7) is 4.03. The first-order valence-corrected chi connectivity index (χ1v) is 10.9. The van der Waals surface area contributed by atoms with Gasteiger partial charge in [0.25, 0.3) is 0 Å². The fraction of sp³-hybridized carbons (Fsp3) is 0.409. The molecular formula is C22H28N2S2. The number of hydrogen-bond donors (Lipinski definition) is 2. The van der Waals surface area contributed by atoms with Crippen LogP contribution in [0.4, 0.5) is 0 Å². The van der Waals surface area contributed by atoms with Gasteiger partial charge in [0.15, 0.2) is 5.11 Å². The van der Waals surface area contributed by atoms with Gasteiger partial charge in [-0.1, -0.05) is 62.6 Å². The Morgan fingerprint density at radius 2 is 2.00 bits per heavy atom. The molecular weight excluding hydrogens is 356 g/mol. The molecule has 0 radical (unpaired) electrons. The summed E-state index contributed by atoms with van der Waals surface area (Å²) < 4.78 is 0. The van der Waals surface area contributed by atoms with Gasteiger partial charge in [0.2, 0.25) is 0 Å². The molecule has 0 fully saturated rings. The van der Waals surface area contributed by atoms with Gasteiger partial charge in [-0.2, -0.15) is 0 Å². The molecule has 0 bridgehead atoms. The van der Waals surface area contributed by atoms with Gasteiger partial charge in [-0.25, -0.2) is 0 Å². The highest BCUT2D eigenvalue weighted by Crippen LogP contribution is 2.39. The van der Waals surface area contributed by atoms with E-state index in [1.807, 2.05) is 11.3 Å². The normalized spacial score (nSPS) is 13.8. The summed E-state index contributed by atoms with van der Waals surface area (Å²) in [5, 5.41) is 9.75.